The third-order valence-corrected chi connectivity index (χ3v) is 5.42. The monoisotopic (exact) mass is 455 g/mol. The predicted molar refractivity (Wildman–Crippen MR) is 126 cm³/mol. The summed E-state index contributed by atoms with van der Waals surface area (Å²) >= 11 is 6.33. The number of aromatic nitrogens is 3. The van der Waals surface area contributed by atoms with Crippen molar-refractivity contribution in [3.05, 3.63) is 114 Å². The van der Waals surface area contributed by atoms with Crippen LogP contribution in [0.4, 0.5) is 8.78 Å². The Morgan fingerprint density at radius 1 is 0.455 bits per heavy atom. The molecule has 33 heavy (non-hydrogen) atoms. The molecule has 0 spiro atoms. The number of nitrogens with zero attached hydrogens (tertiary/aromatic N) is 3. The number of hydrogen-bond acceptors (Lipinski definition) is 3. The molecule has 5 rings (SSSR count). The van der Waals surface area contributed by atoms with E-state index in [-0.39, 0.29) is 16.9 Å². The number of hydrogen-bond donors (Lipinski definition) is 0. The molecule has 0 atom stereocenters. The van der Waals surface area contributed by atoms with Gasteiger partial charge in [0.2, 0.25) is 5.28 Å². The van der Waals surface area contributed by atoms with Crippen molar-refractivity contribution in [3.8, 4) is 45.0 Å². The van der Waals surface area contributed by atoms with Gasteiger partial charge in [-0.15, -0.1) is 0 Å². The summed E-state index contributed by atoms with van der Waals surface area (Å²) in [6.45, 7) is 0. The first-order valence-electron chi connectivity index (χ1n) is 10.2. The summed E-state index contributed by atoms with van der Waals surface area (Å²) in [5.41, 5.74) is 4.84. The second kappa shape index (κ2) is 8.88. The SMILES string of the molecule is Fc1ccc(-c2ccccc2-c2nc(Cl)nc(-c3ccccc3-c3ccc(F)cc3)n2)cc1. The fourth-order valence-corrected chi connectivity index (χ4v) is 3.87. The second-order valence-corrected chi connectivity index (χ2v) is 7.69. The van der Waals surface area contributed by atoms with Gasteiger partial charge < -0.3 is 0 Å². The molecule has 0 aliphatic rings. The summed E-state index contributed by atoms with van der Waals surface area (Å²) in [4.78, 5) is 13.5. The molecule has 0 amide bonds. The van der Waals surface area contributed by atoms with Crippen molar-refractivity contribution in [3.63, 3.8) is 0 Å². The van der Waals surface area contributed by atoms with Crippen molar-refractivity contribution in [2.24, 2.45) is 0 Å². The van der Waals surface area contributed by atoms with Crippen LogP contribution in [0.25, 0.3) is 45.0 Å². The van der Waals surface area contributed by atoms with Crippen LogP contribution < -0.4 is 0 Å². The number of benzene rings is 4. The molecule has 160 valence electrons. The van der Waals surface area contributed by atoms with Gasteiger partial charge in [0, 0.05) is 11.1 Å². The van der Waals surface area contributed by atoms with E-state index in [1.807, 2.05) is 48.5 Å². The van der Waals surface area contributed by atoms with Crippen LogP contribution in [0.2, 0.25) is 5.28 Å². The fourth-order valence-electron chi connectivity index (χ4n) is 3.71. The lowest BCUT2D eigenvalue weighted by atomic mass is 9.98. The Hall–Kier alpha value is -3.96. The van der Waals surface area contributed by atoms with Crippen molar-refractivity contribution >= 4 is 11.6 Å². The molecule has 1 aromatic heterocycles. The Morgan fingerprint density at radius 2 is 0.818 bits per heavy atom. The highest BCUT2D eigenvalue weighted by atomic mass is 35.5. The Morgan fingerprint density at radius 3 is 1.21 bits per heavy atom. The zero-order valence-electron chi connectivity index (χ0n) is 17.2. The van der Waals surface area contributed by atoms with Crippen molar-refractivity contribution < 1.29 is 8.78 Å². The van der Waals surface area contributed by atoms with E-state index < -0.39 is 0 Å². The quantitative estimate of drug-likeness (QED) is 0.282. The van der Waals surface area contributed by atoms with Gasteiger partial charge in [-0.2, -0.15) is 9.97 Å². The molecule has 3 nitrogen and oxygen atoms in total. The van der Waals surface area contributed by atoms with Gasteiger partial charge in [-0.05, 0) is 58.1 Å². The molecular weight excluding hydrogens is 440 g/mol. The van der Waals surface area contributed by atoms with E-state index in [1.54, 1.807) is 24.3 Å². The van der Waals surface area contributed by atoms with Gasteiger partial charge in [0.25, 0.3) is 0 Å². The highest BCUT2D eigenvalue weighted by Gasteiger charge is 2.16. The van der Waals surface area contributed by atoms with E-state index in [9.17, 15) is 8.78 Å². The number of rotatable bonds is 4. The molecule has 0 radical (unpaired) electrons. The van der Waals surface area contributed by atoms with Crippen LogP contribution in [0.5, 0.6) is 0 Å². The molecule has 0 saturated heterocycles. The molecule has 5 aromatic rings. The largest absolute Gasteiger partial charge is 0.226 e. The van der Waals surface area contributed by atoms with Gasteiger partial charge in [0.15, 0.2) is 11.6 Å². The number of halogens is 3. The summed E-state index contributed by atoms with van der Waals surface area (Å²) in [6, 6.07) is 27.7. The summed E-state index contributed by atoms with van der Waals surface area (Å²) in [6.07, 6.45) is 0. The average molecular weight is 456 g/mol. The highest BCUT2D eigenvalue weighted by molar-refractivity contribution is 6.28. The maximum Gasteiger partial charge on any atom is 0.226 e. The van der Waals surface area contributed by atoms with Gasteiger partial charge >= 0.3 is 0 Å². The zero-order chi connectivity index (χ0) is 22.8. The van der Waals surface area contributed by atoms with Crippen LogP contribution in [-0.2, 0) is 0 Å². The van der Waals surface area contributed by atoms with Gasteiger partial charge in [-0.25, -0.2) is 13.8 Å². The molecule has 0 fully saturated rings. The lowest BCUT2D eigenvalue weighted by molar-refractivity contribution is 0.627. The zero-order valence-corrected chi connectivity index (χ0v) is 18.0. The highest BCUT2D eigenvalue weighted by Crippen LogP contribution is 2.34. The Balaban J connectivity index is 1.65. The van der Waals surface area contributed by atoms with E-state index in [0.29, 0.717) is 11.6 Å². The molecule has 6 heteroatoms. The topological polar surface area (TPSA) is 38.7 Å². The normalized spacial score (nSPS) is 10.9. The van der Waals surface area contributed by atoms with Crippen molar-refractivity contribution in [2.75, 3.05) is 0 Å². The minimum atomic E-state index is -0.306. The molecular formula is C27H16ClF2N3. The first-order valence-corrected chi connectivity index (χ1v) is 10.6. The van der Waals surface area contributed by atoms with Gasteiger partial charge in [0.1, 0.15) is 11.6 Å². The van der Waals surface area contributed by atoms with Crippen molar-refractivity contribution in [1.29, 1.82) is 0 Å². The minimum Gasteiger partial charge on any atom is -0.208 e. The third kappa shape index (κ3) is 4.36. The Labute approximate surface area is 194 Å². The molecule has 0 N–H and O–H groups in total. The van der Waals surface area contributed by atoms with Gasteiger partial charge in [-0.1, -0.05) is 72.8 Å². The first-order chi connectivity index (χ1) is 16.1. The van der Waals surface area contributed by atoms with Crippen molar-refractivity contribution in [1.82, 2.24) is 15.0 Å². The average Bonchev–Trinajstić information content (AvgIpc) is 2.85. The smallest absolute Gasteiger partial charge is 0.208 e. The van der Waals surface area contributed by atoms with Crippen molar-refractivity contribution in [2.45, 2.75) is 0 Å². The lowest BCUT2D eigenvalue weighted by Crippen LogP contribution is -1.99. The van der Waals surface area contributed by atoms with Crippen LogP contribution in [0.15, 0.2) is 97.1 Å². The van der Waals surface area contributed by atoms with E-state index in [4.69, 9.17) is 16.6 Å². The van der Waals surface area contributed by atoms with Crippen LogP contribution in [0, 0.1) is 11.6 Å². The lowest BCUT2D eigenvalue weighted by Gasteiger charge is -2.12. The molecule has 4 aromatic carbocycles. The predicted octanol–water partition coefficient (Wildman–Crippen LogP) is 7.47. The van der Waals surface area contributed by atoms with Crippen LogP contribution in [-0.4, -0.2) is 15.0 Å². The van der Waals surface area contributed by atoms with E-state index in [2.05, 4.69) is 9.97 Å². The maximum atomic E-state index is 13.4. The second-order valence-electron chi connectivity index (χ2n) is 7.36. The first kappa shape index (κ1) is 20.9. The van der Waals surface area contributed by atoms with Gasteiger partial charge in [0.05, 0.1) is 0 Å². The molecule has 0 aliphatic heterocycles. The van der Waals surface area contributed by atoms with E-state index in [1.165, 1.54) is 24.3 Å². The standard InChI is InChI=1S/C27H16ClF2N3/c28-27-32-25(23-7-3-1-5-21(23)17-9-13-19(29)14-10-17)31-26(33-27)24-8-4-2-6-22(24)18-11-15-20(30)16-12-18/h1-16H. The minimum absolute atomic E-state index is 0.0535. The van der Waals surface area contributed by atoms with Gasteiger partial charge in [-0.3, -0.25) is 0 Å². The maximum absolute atomic E-state index is 13.4. The molecule has 0 unspecified atom stereocenters. The summed E-state index contributed by atoms with van der Waals surface area (Å²) in [5.74, 6) is 0.191. The summed E-state index contributed by atoms with van der Waals surface area (Å²) < 4.78 is 26.9. The van der Waals surface area contributed by atoms with Crippen LogP contribution in [0.1, 0.15) is 0 Å². The molecule has 1 heterocycles. The van der Waals surface area contributed by atoms with E-state index >= 15 is 0 Å². The molecule has 0 saturated carbocycles. The Bertz CT molecular complexity index is 1330. The van der Waals surface area contributed by atoms with Crippen LogP contribution >= 0.6 is 11.6 Å². The third-order valence-electron chi connectivity index (χ3n) is 5.25. The van der Waals surface area contributed by atoms with E-state index in [0.717, 1.165) is 33.4 Å². The fraction of sp³-hybridized carbons (Fsp3) is 0. The summed E-state index contributed by atoms with van der Waals surface area (Å²) in [7, 11) is 0. The van der Waals surface area contributed by atoms with Crippen LogP contribution in [0.3, 0.4) is 0 Å². The molecule has 0 aliphatic carbocycles. The molecule has 0 bridgehead atoms. The Kier molecular flexibility index (Phi) is 5.63. The summed E-state index contributed by atoms with van der Waals surface area (Å²) in [5, 5.41) is 0.0535.